The number of alkyl halides is 3. The van der Waals surface area contributed by atoms with Gasteiger partial charge in [0.25, 0.3) is 0 Å². The zero-order chi connectivity index (χ0) is 14.5. The van der Waals surface area contributed by atoms with Crippen molar-refractivity contribution in [2.75, 3.05) is 0 Å². The van der Waals surface area contributed by atoms with Gasteiger partial charge in [0.05, 0.1) is 11.8 Å². The first kappa shape index (κ1) is 12.6. The summed E-state index contributed by atoms with van der Waals surface area (Å²) in [5, 5.41) is 7.66. The first-order valence-electron chi connectivity index (χ1n) is 5.59. The summed E-state index contributed by atoms with van der Waals surface area (Å²) >= 11 is 0. The Morgan fingerprint density at radius 1 is 1.20 bits per heavy atom. The third-order valence-electron chi connectivity index (χ3n) is 2.71. The summed E-state index contributed by atoms with van der Waals surface area (Å²) in [7, 11) is 0. The SMILES string of the molecule is Cc1nc(-c2cnn3c(C)cc(C(F)(F)F)nc23)no1. The van der Waals surface area contributed by atoms with Crippen molar-refractivity contribution in [3.05, 3.63) is 29.5 Å². The molecule has 0 unspecified atom stereocenters. The third-order valence-corrected chi connectivity index (χ3v) is 2.71. The minimum absolute atomic E-state index is 0.0399. The zero-order valence-electron chi connectivity index (χ0n) is 10.4. The van der Waals surface area contributed by atoms with Gasteiger partial charge >= 0.3 is 6.18 Å². The van der Waals surface area contributed by atoms with Crippen molar-refractivity contribution in [3.8, 4) is 11.4 Å². The van der Waals surface area contributed by atoms with Crippen molar-refractivity contribution in [1.82, 2.24) is 24.7 Å². The average Bonchev–Trinajstić information content (AvgIpc) is 2.93. The lowest BCUT2D eigenvalue weighted by Crippen LogP contribution is -2.11. The van der Waals surface area contributed by atoms with E-state index in [1.807, 2.05) is 0 Å². The van der Waals surface area contributed by atoms with E-state index in [0.717, 1.165) is 6.07 Å². The monoisotopic (exact) mass is 283 g/mol. The number of nitrogens with zero attached hydrogens (tertiary/aromatic N) is 5. The van der Waals surface area contributed by atoms with E-state index in [0.29, 0.717) is 11.6 Å². The number of halogens is 3. The number of hydrogen-bond acceptors (Lipinski definition) is 5. The van der Waals surface area contributed by atoms with E-state index in [9.17, 15) is 13.2 Å². The first-order valence-corrected chi connectivity index (χ1v) is 5.59. The number of aromatic nitrogens is 5. The van der Waals surface area contributed by atoms with E-state index >= 15 is 0 Å². The Balaban J connectivity index is 2.27. The Morgan fingerprint density at radius 2 is 1.95 bits per heavy atom. The molecule has 3 aromatic heterocycles. The molecule has 3 aromatic rings. The van der Waals surface area contributed by atoms with E-state index in [1.54, 1.807) is 6.92 Å². The van der Waals surface area contributed by atoms with Gasteiger partial charge in [0.15, 0.2) is 5.65 Å². The van der Waals surface area contributed by atoms with Crippen LogP contribution in [-0.4, -0.2) is 24.7 Å². The van der Waals surface area contributed by atoms with Crippen molar-refractivity contribution >= 4 is 5.65 Å². The minimum atomic E-state index is -4.53. The smallest absolute Gasteiger partial charge is 0.339 e. The van der Waals surface area contributed by atoms with E-state index in [-0.39, 0.29) is 17.0 Å². The Hall–Kier alpha value is -2.45. The molecule has 0 bridgehead atoms. The zero-order valence-corrected chi connectivity index (χ0v) is 10.4. The van der Waals surface area contributed by atoms with E-state index in [2.05, 4.69) is 20.2 Å². The summed E-state index contributed by atoms with van der Waals surface area (Å²) in [5.74, 6) is 0.465. The number of rotatable bonds is 1. The normalized spacial score (nSPS) is 12.2. The summed E-state index contributed by atoms with van der Waals surface area (Å²) in [5.41, 5.74) is -0.340. The van der Waals surface area contributed by atoms with Crippen LogP contribution in [0.5, 0.6) is 0 Å². The van der Waals surface area contributed by atoms with Crippen molar-refractivity contribution in [2.24, 2.45) is 0 Å². The van der Waals surface area contributed by atoms with Crippen molar-refractivity contribution < 1.29 is 17.7 Å². The Morgan fingerprint density at radius 3 is 2.55 bits per heavy atom. The quantitative estimate of drug-likeness (QED) is 0.686. The molecule has 0 spiro atoms. The molecular weight excluding hydrogens is 275 g/mol. The van der Waals surface area contributed by atoms with Crippen LogP contribution in [0.25, 0.3) is 17.0 Å². The molecule has 0 aliphatic heterocycles. The number of fused-ring (bicyclic) bond motifs is 1. The molecule has 0 amide bonds. The number of hydrogen-bond donors (Lipinski definition) is 0. The Kier molecular flexibility index (Phi) is 2.53. The van der Waals surface area contributed by atoms with E-state index < -0.39 is 11.9 Å². The highest BCUT2D eigenvalue weighted by atomic mass is 19.4. The molecule has 0 N–H and O–H groups in total. The van der Waals surface area contributed by atoms with Gasteiger partial charge in [0.2, 0.25) is 11.7 Å². The predicted octanol–water partition coefficient (Wildman–Crippen LogP) is 2.41. The van der Waals surface area contributed by atoms with Crippen molar-refractivity contribution in [3.63, 3.8) is 0 Å². The molecule has 104 valence electrons. The summed E-state index contributed by atoms with van der Waals surface area (Å²) in [6, 6.07) is 0.936. The lowest BCUT2D eigenvalue weighted by atomic mass is 10.3. The standard InChI is InChI=1S/C11H8F3N5O/c1-5-3-8(11(12,13)14)17-10-7(4-15-19(5)10)9-16-6(2)20-18-9/h3-4H,1-2H3. The fourth-order valence-electron chi connectivity index (χ4n) is 1.82. The Bertz CT molecular complexity index is 789. The molecule has 20 heavy (non-hydrogen) atoms. The predicted molar refractivity (Wildman–Crippen MR) is 60.8 cm³/mol. The van der Waals surface area contributed by atoms with Crippen LogP contribution in [-0.2, 0) is 6.18 Å². The molecule has 0 saturated heterocycles. The fraction of sp³-hybridized carbons (Fsp3) is 0.273. The van der Waals surface area contributed by atoms with Gasteiger partial charge in [0, 0.05) is 12.6 Å². The van der Waals surface area contributed by atoms with Gasteiger partial charge in [-0.3, -0.25) is 0 Å². The minimum Gasteiger partial charge on any atom is -0.339 e. The summed E-state index contributed by atoms with van der Waals surface area (Å²) in [6.45, 7) is 3.10. The molecule has 0 aliphatic carbocycles. The molecule has 0 aromatic carbocycles. The molecule has 3 rings (SSSR count). The highest BCUT2D eigenvalue weighted by molar-refractivity contribution is 5.72. The van der Waals surface area contributed by atoms with Gasteiger partial charge in [-0.1, -0.05) is 5.16 Å². The van der Waals surface area contributed by atoms with Crippen LogP contribution in [0.1, 0.15) is 17.3 Å². The summed E-state index contributed by atoms with van der Waals surface area (Å²) in [6.07, 6.45) is -3.17. The summed E-state index contributed by atoms with van der Waals surface area (Å²) < 4.78 is 44.5. The maximum Gasteiger partial charge on any atom is 0.433 e. The van der Waals surface area contributed by atoms with Gasteiger partial charge in [-0.2, -0.15) is 23.3 Å². The third kappa shape index (κ3) is 1.91. The average molecular weight is 283 g/mol. The van der Waals surface area contributed by atoms with Crippen LogP contribution in [0, 0.1) is 13.8 Å². The second-order valence-corrected chi connectivity index (χ2v) is 4.21. The van der Waals surface area contributed by atoms with Gasteiger partial charge in [0.1, 0.15) is 5.69 Å². The lowest BCUT2D eigenvalue weighted by Gasteiger charge is -2.07. The van der Waals surface area contributed by atoms with Gasteiger partial charge in [-0.25, -0.2) is 9.50 Å². The van der Waals surface area contributed by atoms with Crippen LogP contribution in [0.3, 0.4) is 0 Å². The van der Waals surface area contributed by atoms with E-state index in [1.165, 1.54) is 17.6 Å². The molecule has 0 aliphatic rings. The molecular formula is C11H8F3N5O. The highest BCUT2D eigenvalue weighted by Gasteiger charge is 2.34. The van der Waals surface area contributed by atoms with Crippen LogP contribution in [0.15, 0.2) is 16.8 Å². The van der Waals surface area contributed by atoms with Crippen LogP contribution < -0.4 is 0 Å². The fourth-order valence-corrected chi connectivity index (χ4v) is 1.82. The molecule has 0 radical (unpaired) electrons. The maximum absolute atomic E-state index is 12.8. The number of aryl methyl sites for hydroxylation is 2. The first-order chi connectivity index (χ1) is 9.36. The highest BCUT2D eigenvalue weighted by Crippen LogP contribution is 2.30. The molecule has 0 atom stereocenters. The van der Waals surface area contributed by atoms with Crippen molar-refractivity contribution in [1.29, 1.82) is 0 Å². The molecule has 0 saturated carbocycles. The van der Waals surface area contributed by atoms with E-state index in [4.69, 9.17) is 4.52 Å². The summed E-state index contributed by atoms with van der Waals surface area (Å²) in [4.78, 5) is 7.58. The van der Waals surface area contributed by atoms with Gasteiger partial charge in [-0.15, -0.1) is 0 Å². The van der Waals surface area contributed by atoms with Crippen LogP contribution in [0.4, 0.5) is 13.2 Å². The van der Waals surface area contributed by atoms with Crippen molar-refractivity contribution in [2.45, 2.75) is 20.0 Å². The second-order valence-electron chi connectivity index (χ2n) is 4.21. The Labute approximate surface area is 110 Å². The largest absolute Gasteiger partial charge is 0.433 e. The lowest BCUT2D eigenvalue weighted by molar-refractivity contribution is -0.141. The molecule has 6 nitrogen and oxygen atoms in total. The molecule has 3 heterocycles. The molecule has 9 heteroatoms. The topological polar surface area (TPSA) is 69.1 Å². The second kappa shape index (κ2) is 4.02. The maximum atomic E-state index is 12.8. The van der Waals surface area contributed by atoms with Crippen LogP contribution in [0.2, 0.25) is 0 Å². The van der Waals surface area contributed by atoms with Crippen LogP contribution >= 0.6 is 0 Å². The van der Waals surface area contributed by atoms with Gasteiger partial charge < -0.3 is 4.52 Å². The van der Waals surface area contributed by atoms with Gasteiger partial charge in [-0.05, 0) is 13.0 Å². The molecule has 0 fully saturated rings.